The van der Waals surface area contributed by atoms with Crippen molar-refractivity contribution >= 4 is 5.91 Å². The Morgan fingerprint density at radius 1 is 1.30 bits per heavy atom. The average Bonchev–Trinajstić information content (AvgIpc) is 2.52. The van der Waals surface area contributed by atoms with Gasteiger partial charge in [-0.2, -0.15) is 0 Å². The van der Waals surface area contributed by atoms with Crippen LogP contribution in [0.25, 0.3) is 0 Å². The molecule has 0 aliphatic heterocycles. The summed E-state index contributed by atoms with van der Waals surface area (Å²) in [7, 11) is 0. The number of carbonyl (C=O) groups is 1. The highest BCUT2D eigenvalue weighted by Gasteiger charge is 2.18. The molecular formula is C17H19FN2O3. The van der Waals surface area contributed by atoms with Gasteiger partial charge >= 0.3 is 0 Å². The number of aliphatic hydroxyl groups excluding tert-OH is 1. The SMILES string of the molecule is Cc1cccn(CC(=O)NC(C)C(O)c2ccc(F)cc2)c1=O. The van der Waals surface area contributed by atoms with Gasteiger partial charge in [0.25, 0.3) is 5.56 Å². The molecule has 0 spiro atoms. The predicted molar refractivity (Wildman–Crippen MR) is 84.4 cm³/mol. The van der Waals surface area contributed by atoms with E-state index in [4.69, 9.17) is 0 Å². The van der Waals surface area contributed by atoms with Gasteiger partial charge in [-0.15, -0.1) is 0 Å². The zero-order valence-electron chi connectivity index (χ0n) is 13.0. The Morgan fingerprint density at radius 3 is 2.61 bits per heavy atom. The third-order valence-electron chi connectivity index (χ3n) is 3.60. The summed E-state index contributed by atoms with van der Waals surface area (Å²) < 4.78 is 14.2. The molecule has 1 aromatic carbocycles. The maximum atomic E-state index is 12.9. The highest BCUT2D eigenvalue weighted by Crippen LogP contribution is 2.17. The fourth-order valence-electron chi connectivity index (χ4n) is 2.26. The summed E-state index contributed by atoms with van der Waals surface area (Å²) in [6.45, 7) is 3.20. The van der Waals surface area contributed by atoms with Gasteiger partial charge in [-0.05, 0) is 37.6 Å². The van der Waals surface area contributed by atoms with E-state index in [2.05, 4.69) is 5.32 Å². The Kier molecular flexibility index (Phi) is 5.28. The largest absolute Gasteiger partial charge is 0.386 e. The van der Waals surface area contributed by atoms with Gasteiger partial charge in [-0.25, -0.2) is 4.39 Å². The lowest BCUT2D eigenvalue weighted by Crippen LogP contribution is -2.40. The summed E-state index contributed by atoms with van der Waals surface area (Å²) in [5, 5.41) is 12.8. The van der Waals surface area contributed by atoms with Gasteiger partial charge in [-0.3, -0.25) is 9.59 Å². The topological polar surface area (TPSA) is 71.3 Å². The van der Waals surface area contributed by atoms with Gasteiger partial charge in [0.2, 0.25) is 5.91 Å². The number of halogens is 1. The monoisotopic (exact) mass is 318 g/mol. The molecule has 1 aromatic heterocycles. The van der Waals surface area contributed by atoms with E-state index in [-0.39, 0.29) is 18.0 Å². The summed E-state index contributed by atoms with van der Waals surface area (Å²) >= 11 is 0. The Morgan fingerprint density at radius 2 is 1.96 bits per heavy atom. The quantitative estimate of drug-likeness (QED) is 0.878. The van der Waals surface area contributed by atoms with Crippen molar-refractivity contribution in [1.82, 2.24) is 9.88 Å². The predicted octanol–water partition coefficient (Wildman–Crippen LogP) is 1.53. The minimum absolute atomic E-state index is 0.124. The first-order valence-corrected chi connectivity index (χ1v) is 7.27. The summed E-state index contributed by atoms with van der Waals surface area (Å²) in [5.41, 5.74) is 0.834. The van der Waals surface area contributed by atoms with Crippen molar-refractivity contribution in [3.63, 3.8) is 0 Å². The standard InChI is InChI=1S/C17H19FN2O3/c1-11-4-3-9-20(17(11)23)10-15(21)19-12(2)16(22)13-5-7-14(18)8-6-13/h3-9,12,16,22H,10H2,1-2H3,(H,19,21). The van der Waals surface area contributed by atoms with E-state index in [1.807, 2.05) is 0 Å². The van der Waals surface area contributed by atoms with Crippen LogP contribution in [0.15, 0.2) is 47.4 Å². The molecule has 1 heterocycles. The molecule has 0 aliphatic carbocycles. The molecule has 122 valence electrons. The van der Waals surface area contributed by atoms with Crippen LogP contribution in [-0.4, -0.2) is 21.6 Å². The number of hydrogen-bond donors (Lipinski definition) is 2. The Bertz CT molecular complexity index is 740. The number of aromatic nitrogens is 1. The highest BCUT2D eigenvalue weighted by atomic mass is 19.1. The van der Waals surface area contributed by atoms with Crippen molar-refractivity contribution in [3.05, 3.63) is 69.9 Å². The van der Waals surface area contributed by atoms with E-state index in [1.165, 1.54) is 35.0 Å². The molecule has 2 N–H and O–H groups in total. The lowest BCUT2D eigenvalue weighted by atomic mass is 10.0. The Labute approximate surface area is 133 Å². The summed E-state index contributed by atoms with van der Waals surface area (Å²) in [6.07, 6.45) is 0.574. The second-order valence-corrected chi connectivity index (χ2v) is 5.48. The van der Waals surface area contributed by atoms with E-state index in [0.717, 1.165) is 0 Å². The van der Waals surface area contributed by atoms with E-state index < -0.39 is 18.0 Å². The highest BCUT2D eigenvalue weighted by molar-refractivity contribution is 5.76. The Balaban J connectivity index is 2.00. The van der Waals surface area contributed by atoms with Crippen LogP contribution < -0.4 is 10.9 Å². The number of hydrogen-bond acceptors (Lipinski definition) is 3. The average molecular weight is 318 g/mol. The van der Waals surface area contributed by atoms with E-state index in [9.17, 15) is 19.1 Å². The van der Waals surface area contributed by atoms with E-state index in [1.54, 1.807) is 26.0 Å². The van der Waals surface area contributed by atoms with Crippen LogP contribution in [-0.2, 0) is 11.3 Å². The van der Waals surface area contributed by atoms with Crippen molar-refractivity contribution in [2.75, 3.05) is 0 Å². The number of aryl methyl sites for hydroxylation is 1. The lowest BCUT2D eigenvalue weighted by Gasteiger charge is -2.21. The maximum Gasteiger partial charge on any atom is 0.253 e. The van der Waals surface area contributed by atoms with Crippen LogP contribution in [0.4, 0.5) is 4.39 Å². The van der Waals surface area contributed by atoms with Gasteiger partial charge in [0, 0.05) is 11.8 Å². The molecule has 0 saturated carbocycles. The van der Waals surface area contributed by atoms with Crippen LogP contribution in [0.2, 0.25) is 0 Å². The fraction of sp³-hybridized carbons (Fsp3) is 0.294. The van der Waals surface area contributed by atoms with Gasteiger partial charge in [0.1, 0.15) is 12.4 Å². The second-order valence-electron chi connectivity index (χ2n) is 5.48. The molecule has 1 amide bonds. The number of rotatable bonds is 5. The normalized spacial score (nSPS) is 13.4. The maximum absolute atomic E-state index is 12.9. The molecule has 2 unspecified atom stereocenters. The number of nitrogens with zero attached hydrogens (tertiary/aromatic N) is 1. The molecule has 6 heteroatoms. The van der Waals surface area contributed by atoms with Crippen LogP contribution in [0.3, 0.4) is 0 Å². The zero-order valence-corrected chi connectivity index (χ0v) is 13.0. The summed E-state index contributed by atoms with van der Waals surface area (Å²) in [4.78, 5) is 23.9. The molecule has 2 atom stereocenters. The lowest BCUT2D eigenvalue weighted by molar-refractivity contribution is -0.123. The van der Waals surface area contributed by atoms with E-state index >= 15 is 0 Å². The Hall–Kier alpha value is -2.47. The van der Waals surface area contributed by atoms with Crippen molar-refractivity contribution in [3.8, 4) is 0 Å². The number of aliphatic hydroxyl groups is 1. The minimum atomic E-state index is -0.964. The number of carbonyl (C=O) groups excluding carboxylic acids is 1. The van der Waals surface area contributed by atoms with Crippen molar-refractivity contribution in [2.45, 2.75) is 32.5 Å². The summed E-state index contributed by atoms with van der Waals surface area (Å²) in [5.74, 6) is -0.775. The number of pyridine rings is 1. The molecule has 0 aliphatic rings. The molecule has 2 aromatic rings. The van der Waals surface area contributed by atoms with Crippen molar-refractivity contribution in [1.29, 1.82) is 0 Å². The minimum Gasteiger partial charge on any atom is -0.386 e. The van der Waals surface area contributed by atoms with Crippen LogP contribution in [0.5, 0.6) is 0 Å². The van der Waals surface area contributed by atoms with Gasteiger partial charge in [-0.1, -0.05) is 18.2 Å². The van der Waals surface area contributed by atoms with Crippen molar-refractivity contribution < 1.29 is 14.3 Å². The molecule has 0 saturated heterocycles. The van der Waals surface area contributed by atoms with Gasteiger partial charge < -0.3 is 15.0 Å². The number of nitrogens with one attached hydrogen (secondary N) is 1. The molecule has 2 rings (SSSR count). The zero-order chi connectivity index (χ0) is 17.0. The third kappa shape index (κ3) is 4.26. The summed E-state index contributed by atoms with van der Waals surface area (Å²) in [6, 6.07) is 8.23. The van der Waals surface area contributed by atoms with Crippen LogP contribution in [0.1, 0.15) is 24.2 Å². The smallest absolute Gasteiger partial charge is 0.253 e. The van der Waals surface area contributed by atoms with E-state index in [0.29, 0.717) is 11.1 Å². The van der Waals surface area contributed by atoms with Crippen LogP contribution >= 0.6 is 0 Å². The van der Waals surface area contributed by atoms with Gasteiger partial charge in [0.05, 0.1) is 12.1 Å². The van der Waals surface area contributed by atoms with Gasteiger partial charge in [0.15, 0.2) is 0 Å². The third-order valence-corrected chi connectivity index (χ3v) is 3.60. The fourth-order valence-corrected chi connectivity index (χ4v) is 2.26. The number of amides is 1. The molecule has 0 bridgehead atoms. The first-order valence-electron chi connectivity index (χ1n) is 7.27. The molecular weight excluding hydrogens is 299 g/mol. The molecule has 0 radical (unpaired) electrons. The second kappa shape index (κ2) is 7.19. The first-order chi connectivity index (χ1) is 10.9. The van der Waals surface area contributed by atoms with Crippen LogP contribution in [0, 0.1) is 12.7 Å². The molecule has 0 fully saturated rings. The molecule has 23 heavy (non-hydrogen) atoms. The van der Waals surface area contributed by atoms with Crippen molar-refractivity contribution in [2.24, 2.45) is 0 Å². The molecule has 5 nitrogen and oxygen atoms in total. The number of benzene rings is 1. The first kappa shape index (κ1) is 16.9.